The minimum absolute atomic E-state index is 0.0455. The van der Waals surface area contributed by atoms with Crippen LogP contribution < -0.4 is 16.0 Å². The van der Waals surface area contributed by atoms with E-state index in [1.165, 1.54) is 0 Å². The summed E-state index contributed by atoms with van der Waals surface area (Å²) >= 11 is 0. The standard InChI is InChI=1S/C16H29N3O2/c1-11(2)14(20)17-8-13(19-10-16(5,6)7)9-18-15(21)12(3)4/h13,19H,1,3,8-10H2,2,4-7H3,(H,17,20)(H,18,21). The molecule has 0 spiro atoms. The quantitative estimate of drug-likeness (QED) is 0.592. The second kappa shape index (κ2) is 8.62. The Morgan fingerprint density at radius 2 is 1.33 bits per heavy atom. The average Bonchev–Trinajstić information content (AvgIpc) is 2.35. The molecule has 21 heavy (non-hydrogen) atoms. The van der Waals surface area contributed by atoms with Crippen molar-refractivity contribution in [2.24, 2.45) is 5.41 Å². The second-order valence-corrected chi connectivity index (χ2v) is 6.62. The normalized spacial score (nSPS) is 11.1. The van der Waals surface area contributed by atoms with E-state index in [1.54, 1.807) is 13.8 Å². The van der Waals surface area contributed by atoms with Crippen molar-refractivity contribution in [3.05, 3.63) is 24.3 Å². The molecule has 5 nitrogen and oxygen atoms in total. The van der Waals surface area contributed by atoms with Crippen molar-refractivity contribution in [1.82, 2.24) is 16.0 Å². The van der Waals surface area contributed by atoms with Crippen molar-refractivity contribution in [2.75, 3.05) is 19.6 Å². The maximum atomic E-state index is 11.6. The van der Waals surface area contributed by atoms with Gasteiger partial charge in [-0.05, 0) is 19.3 Å². The van der Waals surface area contributed by atoms with E-state index in [1.807, 2.05) is 0 Å². The highest BCUT2D eigenvalue weighted by molar-refractivity contribution is 5.92. The van der Waals surface area contributed by atoms with E-state index in [2.05, 4.69) is 49.9 Å². The van der Waals surface area contributed by atoms with E-state index in [0.29, 0.717) is 24.2 Å². The lowest BCUT2D eigenvalue weighted by molar-refractivity contribution is -0.117. The molecule has 0 aromatic carbocycles. The van der Waals surface area contributed by atoms with Crippen LogP contribution in [0, 0.1) is 5.41 Å². The first kappa shape index (κ1) is 19.4. The molecule has 120 valence electrons. The number of nitrogens with one attached hydrogen (secondary N) is 3. The van der Waals surface area contributed by atoms with Gasteiger partial charge in [-0.25, -0.2) is 0 Å². The van der Waals surface area contributed by atoms with Gasteiger partial charge >= 0.3 is 0 Å². The van der Waals surface area contributed by atoms with E-state index >= 15 is 0 Å². The Kier molecular flexibility index (Phi) is 7.95. The molecule has 0 rings (SSSR count). The van der Waals surface area contributed by atoms with E-state index in [9.17, 15) is 9.59 Å². The fourth-order valence-corrected chi connectivity index (χ4v) is 1.40. The van der Waals surface area contributed by atoms with Crippen LogP contribution in [0.2, 0.25) is 0 Å². The molecule has 0 fully saturated rings. The number of rotatable bonds is 8. The monoisotopic (exact) mass is 295 g/mol. The topological polar surface area (TPSA) is 70.2 Å². The molecule has 0 saturated carbocycles. The van der Waals surface area contributed by atoms with Crippen LogP contribution in [0.3, 0.4) is 0 Å². The Morgan fingerprint density at radius 3 is 1.62 bits per heavy atom. The molecule has 0 bridgehead atoms. The summed E-state index contributed by atoms with van der Waals surface area (Å²) < 4.78 is 0. The van der Waals surface area contributed by atoms with Gasteiger partial charge in [0.15, 0.2) is 0 Å². The molecule has 2 amide bonds. The lowest BCUT2D eigenvalue weighted by Gasteiger charge is -2.25. The summed E-state index contributed by atoms with van der Waals surface area (Å²) in [5.41, 5.74) is 1.06. The minimum Gasteiger partial charge on any atom is -0.351 e. The van der Waals surface area contributed by atoms with Gasteiger partial charge in [-0.2, -0.15) is 0 Å². The number of carbonyl (C=O) groups is 2. The minimum atomic E-state index is -0.177. The summed E-state index contributed by atoms with van der Waals surface area (Å²) in [4.78, 5) is 23.1. The van der Waals surface area contributed by atoms with E-state index in [0.717, 1.165) is 6.54 Å². The zero-order valence-corrected chi connectivity index (χ0v) is 13.9. The molecule has 0 unspecified atom stereocenters. The molecule has 0 aliphatic heterocycles. The Bertz CT molecular complexity index is 378. The molecule has 0 aliphatic rings. The molecule has 0 saturated heterocycles. The van der Waals surface area contributed by atoms with Crippen LogP contribution in [-0.2, 0) is 9.59 Å². The Balaban J connectivity index is 4.46. The summed E-state index contributed by atoms with van der Waals surface area (Å²) in [5.74, 6) is -0.354. The van der Waals surface area contributed by atoms with E-state index < -0.39 is 0 Å². The van der Waals surface area contributed by atoms with Gasteiger partial charge in [0.1, 0.15) is 0 Å². The van der Waals surface area contributed by atoms with Gasteiger partial charge in [0, 0.05) is 36.8 Å². The van der Waals surface area contributed by atoms with E-state index in [-0.39, 0.29) is 23.3 Å². The fraction of sp³-hybridized carbons (Fsp3) is 0.625. The first-order chi connectivity index (χ1) is 9.53. The van der Waals surface area contributed by atoms with Gasteiger partial charge in [0.05, 0.1) is 0 Å². The van der Waals surface area contributed by atoms with Crippen molar-refractivity contribution in [1.29, 1.82) is 0 Å². The summed E-state index contributed by atoms with van der Waals surface area (Å²) in [5, 5.41) is 8.95. The van der Waals surface area contributed by atoms with Crippen molar-refractivity contribution in [3.8, 4) is 0 Å². The molecule has 0 aliphatic carbocycles. The van der Waals surface area contributed by atoms with Gasteiger partial charge in [0.25, 0.3) is 0 Å². The van der Waals surface area contributed by atoms with Crippen LogP contribution in [0.1, 0.15) is 34.6 Å². The van der Waals surface area contributed by atoms with Crippen LogP contribution >= 0.6 is 0 Å². The predicted molar refractivity (Wildman–Crippen MR) is 86.9 cm³/mol. The first-order valence-corrected chi connectivity index (χ1v) is 7.13. The predicted octanol–water partition coefficient (Wildman–Crippen LogP) is 1.38. The average molecular weight is 295 g/mol. The van der Waals surface area contributed by atoms with Gasteiger partial charge in [-0.15, -0.1) is 0 Å². The number of carbonyl (C=O) groups excluding carboxylic acids is 2. The molecule has 0 heterocycles. The smallest absolute Gasteiger partial charge is 0.246 e. The highest BCUT2D eigenvalue weighted by Crippen LogP contribution is 2.10. The molecule has 0 aromatic heterocycles. The largest absolute Gasteiger partial charge is 0.351 e. The summed E-state index contributed by atoms with van der Waals surface area (Å²) in [7, 11) is 0. The summed E-state index contributed by atoms with van der Waals surface area (Å²) in [6.45, 7) is 18.5. The summed E-state index contributed by atoms with van der Waals surface area (Å²) in [6, 6.07) is -0.0455. The third-order valence-electron chi connectivity index (χ3n) is 2.71. The van der Waals surface area contributed by atoms with E-state index in [4.69, 9.17) is 0 Å². The van der Waals surface area contributed by atoms with Gasteiger partial charge in [-0.3, -0.25) is 9.59 Å². The molecule has 5 heteroatoms. The lowest BCUT2D eigenvalue weighted by Crippen LogP contribution is -2.50. The molecule has 3 N–H and O–H groups in total. The van der Waals surface area contributed by atoms with Crippen LogP contribution in [0.15, 0.2) is 24.3 Å². The first-order valence-electron chi connectivity index (χ1n) is 7.13. The maximum Gasteiger partial charge on any atom is 0.246 e. The van der Waals surface area contributed by atoms with Gasteiger partial charge < -0.3 is 16.0 Å². The van der Waals surface area contributed by atoms with Crippen LogP contribution in [0.4, 0.5) is 0 Å². The molecule has 0 aromatic rings. The number of amides is 2. The van der Waals surface area contributed by atoms with Gasteiger partial charge in [-0.1, -0.05) is 33.9 Å². The lowest BCUT2D eigenvalue weighted by atomic mass is 9.96. The fourth-order valence-electron chi connectivity index (χ4n) is 1.40. The zero-order chi connectivity index (χ0) is 16.6. The highest BCUT2D eigenvalue weighted by atomic mass is 16.2. The molecular formula is C16H29N3O2. The zero-order valence-electron chi connectivity index (χ0n) is 13.9. The van der Waals surface area contributed by atoms with Crippen LogP contribution in [-0.4, -0.2) is 37.5 Å². The maximum absolute atomic E-state index is 11.6. The number of hydrogen-bond donors (Lipinski definition) is 3. The molecule has 0 atom stereocenters. The van der Waals surface area contributed by atoms with Crippen molar-refractivity contribution in [2.45, 2.75) is 40.7 Å². The van der Waals surface area contributed by atoms with Crippen molar-refractivity contribution >= 4 is 11.8 Å². The van der Waals surface area contributed by atoms with Gasteiger partial charge in [0.2, 0.25) is 11.8 Å². The molecular weight excluding hydrogens is 266 g/mol. The third-order valence-corrected chi connectivity index (χ3v) is 2.71. The Hall–Kier alpha value is -1.62. The molecule has 0 radical (unpaired) electrons. The van der Waals surface area contributed by atoms with Crippen LogP contribution in [0.5, 0.6) is 0 Å². The van der Waals surface area contributed by atoms with Crippen LogP contribution in [0.25, 0.3) is 0 Å². The van der Waals surface area contributed by atoms with Crippen molar-refractivity contribution in [3.63, 3.8) is 0 Å². The highest BCUT2D eigenvalue weighted by Gasteiger charge is 2.16. The summed E-state index contributed by atoms with van der Waals surface area (Å²) in [6.07, 6.45) is 0. The second-order valence-electron chi connectivity index (χ2n) is 6.62. The Morgan fingerprint density at radius 1 is 0.952 bits per heavy atom. The SMILES string of the molecule is C=C(C)C(=O)NCC(CNC(=O)C(=C)C)NCC(C)(C)C. The third kappa shape index (κ3) is 9.85. The number of hydrogen-bond acceptors (Lipinski definition) is 3. The van der Waals surface area contributed by atoms with Crippen molar-refractivity contribution < 1.29 is 9.59 Å². The Labute approximate surface area is 128 Å².